The fourth-order valence-electron chi connectivity index (χ4n) is 7.09. The molecule has 0 aliphatic carbocycles. The van der Waals surface area contributed by atoms with Crippen molar-refractivity contribution in [1.29, 1.82) is 0 Å². The summed E-state index contributed by atoms with van der Waals surface area (Å²) in [7, 11) is 0. The zero-order chi connectivity index (χ0) is 40.8. The number of ether oxygens (including phenoxy) is 3. The zero-order valence-corrected chi connectivity index (χ0v) is 35.0. The zero-order valence-electron chi connectivity index (χ0n) is 35.0. The largest absolute Gasteiger partial charge is 0.449 e. The molecule has 0 unspecified atom stereocenters. The highest BCUT2D eigenvalue weighted by Crippen LogP contribution is 2.26. The van der Waals surface area contributed by atoms with E-state index in [9.17, 15) is 29.7 Å². The summed E-state index contributed by atoms with van der Waals surface area (Å²) in [6, 6.07) is 6.75. The lowest BCUT2D eigenvalue weighted by Gasteiger charge is -2.46. The van der Waals surface area contributed by atoms with Crippen LogP contribution in [-0.2, 0) is 25.6 Å². The first-order chi connectivity index (χ1) is 27.2. The van der Waals surface area contributed by atoms with Crippen LogP contribution in [0.25, 0.3) is 0 Å². The van der Waals surface area contributed by atoms with Crippen molar-refractivity contribution in [3.05, 3.63) is 35.9 Å². The number of hydrogen-bond acceptors (Lipinski definition) is 9. The Morgan fingerprint density at radius 1 is 0.714 bits per heavy atom. The first-order valence-corrected chi connectivity index (χ1v) is 22.1. The van der Waals surface area contributed by atoms with Gasteiger partial charge in [-0.05, 0) is 25.3 Å². The monoisotopic (exact) mass is 792 g/mol. The van der Waals surface area contributed by atoms with Gasteiger partial charge in [0.15, 0.2) is 6.23 Å². The molecule has 2 rings (SSSR count). The van der Waals surface area contributed by atoms with Gasteiger partial charge in [-0.2, -0.15) is 0 Å². The van der Waals surface area contributed by atoms with Crippen molar-refractivity contribution in [2.45, 2.75) is 205 Å². The number of alkyl carbamates (subject to hydrolysis) is 1. The van der Waals surface area contributed by atoms with Crippen molar-refractivity contribution < 1.29 is 43.9 Å². The third-order valence-corrected chi connectivity index (χ3v) is 10.7. The van der Waals surface area contributed by atoms with Crippen LogP contribution in [0.15, 0.2) is 30.3 Å². The molecule has 3 amide bonds. The summed E-state index contributed by atoms with van der Waals surface area (Å²) in [6.07, 6.45) is 18.2. The fraction of sp³-hybridized carbons (Fsp3) is 0.795. The van der Waals surface area contributed by atoms with Gasteiger partial charge in [0.25, 0.3) is 0 Å². The Kier molecular flexibility index (Phi) is 27.3. The van der Waals surface area contributed by atoms with Crippen LogP contribution in [-0.4, -0.2) is 94.7 Å². The normalized spacial score (nSPS) is 19.9. The van der Waals surface area contributed by atoms with Crippen molar-refractivity contribution in [1.82, 2.24) is 15.5 Å². The molecule has 1 fully saturated rings. The lowest BCUT2D eigenvalue weighted by atomic mass is 9.95. The molecular weight excluding hydrogens is 714 g/mol. The number of rotatable bonds is 31. The Morgan fingerprint density at radius 3 is 1.73 bits per heavy atom. The van der Waals surface area contributed by atoms with Crippen LogP contribution in [0.3, 0.4) is 0 Å². The van der Waals surface area contributed by atoms with Crippen molar-refractivity contribution in [3.63, 3.8) is 0 Å². The Labute approximate surface area is 337 Å². The van der Waals surface area contributed by atoms with E-state index in [4.69, 9.17) is 14.2 Å². The van der Waals surface area contributed by atoms with E-state index >= 15 is 0 Å². The molecule has 0 aromatic heterocycles. The molecule has 1 saturated heterocycles. The Hall–Kier alpha value is -2.93. The van der Waals surface area contributed by atoms with Gasteiger partial charge in [0, 0.05) is 6.54 Å². The van der Waals surface area contributed by atoms with Gasteiger partial charge in [0.05, 0.1) is 13.2 Å². The number of nitrogens with one attached hydrogen (secondary N) is 2. The van der Waals surface area contributed by atoms with E-state index in [0.717, 1.165) is 44.1 Å². The van der Waals surface area contributed by atoms with E-state index in [1.165, 1.54) is 102 Å². The van der Waals surface area contributed by atoms with Crippen molar-refractivity contribution >= 4 is 18.1 Å². The van der Waals surface area contributed by atoms with Gasteiger partial charge in [-0.25, -0.2) is 9.59 Å². The maximum Gasteiger partial charge on any atom is 0.411 e. The predicted molar refractivity (Wildman–Crippen MR) is 220 cm³/mol. The number of carbonyl (C=O) groups excluding carboxylic acids is 3. The first kappa shape index (κ1) is 49.2. The number of amides is 3. The average Bonchev–Trinajstić information content (AvgIpc) is 3.20. The summed E-state index contributed by atoms with van der Waals surface area (Å²) < 4.78 is 17.1. The maximum atomic E-state index is 13.7. The predicted octanol–water partition coefficient (Wildman–Crippen LogP) is 8.29. The molecular formula is C44H77N3O9. The number of nitrogens with zero attached hydrogens (tertiary/aromatic N) is 1. The lowest BCUT2D eigenvalue weighted by Crippen LogP contribution is -2.69. The molecule has 1 aromatic carbocycles. The molecule has 1 heterocycles. The summed E-state index contributed by atoms with van der Waals surface area (Å²) in [5, 5.41) is 37.3. The van der Waals surface area contributed by atoms with E-state index in [0.29, 0.717) is 12.8 Å². The van der Waals surface area contributed by atoms with Crippen LogP contribution in [0.1, 0.15) is 168 Å². The van der Waals surface area contributed by atoms with Gasteiger partial charge < -0.3 is 40.2 Å². The summed E-state index contributed by atoms with van der Waals surface area (Å²) in [4.78, 5) is 41.0. The van der Waals surface area contributed by atoms with Gasteiger partial charge >= 0.3 is 12.2 Å². The van der Waals surface area contributed by atoms with Gasteiger partial charge in [0.2, 0.25) is 5.91 Å². The second-order valence-electron chi connectivity index (χ2n) is 15.6. The second-order valence-corrected chi connectivity index (χ2v) is 15.6. The highest BCUT2D eigenvalue weighted by atomic mass is 16.6. The third kappa shape index (κ3) is 20.5. The van der Waals surface area contributed by atoms with E-state index in [2.05, 4.69) is 24.5 Å². The van der Waals surface area contributed by atoms with Gasteiger partial charge in [0.1, 0.15) is 37.0 Å². The fourth-order valence-corrected chi connectivity index (χ4v) is 7.09. The third-order valence-electron chi connectivity index (χ3n) is 10.7. The molecule has 12 heteroatoms. The minimum atomic E-state index is -1.59. The summed E-state index contributed by atoms with van der Waals surface area (Å²) in [5.74, 6) is -0.682. The average molecular weight is 792 g/mol. The number of hydrogen-bond donors (Lipinski definition) is 5. The van der Waals surface area contributed by atoms with Crippen LogP contribution in [0, 0.1) is 0 Å². The Morgan fingerprint density at radius 2 is 1.21 bits per heavy atom. The van der Waals surface area contributed by atoms with Gasteiger partial charge in [-0.15, -0.1) is 0 Å². The smallest absolute Gasteiger partial charge is 0.411 e. The summed E-state index contributed by atoms with van der Waals surface area (Å²) in [6.45, 7) is 5.76. The molecule has 12 nitrogen and oxygen atoms in total. The van der Waals surface area contributed by atoms with E-state index in [-0.39, 0.29) is 19.8 Å². The molecule has 322 valence electrons. The SMILES string of the molecule is CCCCCCCCCCCCCCN(C(=O)OCCCCCCCCCCCC)[C@@H]1O[C@H](CO)[C@@H](O)[C@H](O)[C@H]1NC(=O)[C@H](C)NC(=O)OCc1ccccc1. The van der Waals surface area contributed by atoms with Crippen LogP contribution >= 0.6 is 0 Å². The molecule has 5 N–H and O–H groups in total. The molecule has 56 heavy (non-hydrogen) atoms. The summed E-state index contributed by atoms with van der Waals surface area (Å²) in [5.41, 5.74) is 0.783. The number of carbonyl (C=O) groups is 3. The topological polar surface area (TPSA) is 167 Å². The highest BCUT2D eigenvalue weighted by Gasteiger charge is 2.49. The Balaban J connectivity index is 2.02. The van der Waals surface area contributed by atoms with Crippen LogP contribution in [0.2, 0.25) is 0 Å². The molecule has 1 aromatic rings. The van der Waals surface area contributed by atoms with Gasteiger partial charge in [-0.3, -0.25) is 9.69 Å². The maximum absolute atomic E-state index is 13.7. The molecule has 1 aliphatic heterocycles. The van der Waals surface area contributed by atoms with Crippen molar-refractivity contribution in [2.75, 3.05) is 19.8 Å². The quantitative estimate of drug-likeness (QED) is 0.0465. The van der Waals surface area contributed by atoms with Crippen LogP contribution in [0.4, 0.5) is 9.59 Å². The number of aliphatic hydroxyl groups is 3. The molecule has 0 saturated carbocycles. The molecule has 0 spiro atoms. The number of unbranched alkanes of at least 4 members (excludes halogenated alkanes) is 20. The standard InChI is InChI=1S/C44H77N3O9/c1-4-6-8-10-12-14-16-17-18-20-22-27-31-47(44(53)54-32-28-23-21-19-15-13-11-9-7-5-2)42-38(40(50)39(49)37(33-48)56-42)46-41(51)35(3)45-43(52)55-34-36-29-25-24-26-30-36/h24-26,29-30,35,37-40,42,48-50H,4-23,27-28,31-34H2,1-3H3,(H,45,52)(H,46,51)/t35-,37+,38+,39+,40+,42+/m0/s1. The molecule has 0 radical (unpaired) electrons. The lowest BCUT2D eigenvalue weighted by molar-refractivity contribution is -0.226. The van der Waals surface area contributed by atoms with E-state index < -0.39 is 61.3 Å². The minimum Gasteiger partial charge on any atom is -0.449 e. The van der Waals surface area contributed by atoms with Crippen LogP contribution < -0.4 is 10.6 Å². The number of benzene rings is 1. The molecule has 1 aliphatic rings. The van der Waals surface area contributed by atoms with Crippen molar-refractivity contribution in [3.8, 4) is 0 Å². The summed E-state index contributed by atoms with van der Waals surface area (Å²) >= 11 is 0. The minimum absolute atomic E-state index is 0.0162. The first-order valence-electron chi connectivity index (χ1n) is 22.1. The Bertz CT molecular complexity index is 1160. The van der Waals surface area contributed by atoms with E-state index in [1.807, 2.05) is 30.3 Å². The molecule has 0 bridgehead atoms. The van der Waals surface area contributed by atoms with Crippen molar-refractivity contribution in [2.24, 2.45) is 0 Å². The molecule has 6 atom stereocenters. The van der Waals surface area contributed by atoms with Crippen LogP contribution in [0.5, 0.6) is 0 Å². The van der Waals surface area contributed by atoms with E-state index in [1.54, 1.807) is 0 Å². The number of aliphatic hydroxyl groups excluding tert-OH is 3. The van der Waals surface area contributed by atoms with Gasteiger partial charge in [-0.1, -0.05) is 173 Å². The highest BCUT2D eigenvalue weighted by molar-refractivity contribution is 5.85. The second kappa shape index (κ2) is 31.1.